The van der Waals surface area contributed by atoms with E-state index >= 15 is 0 Å². The van der Waals surface area contributed by atoms with Crippen LogP contribution in [0.1, 0.15) is 54.4 Å². The fourth-order valence-electron chi connectivity index (χ4n) is 3.26. The molecule has 0 radical (unpaired) electrons. The summed E-state index contributed by atoms with van der Waals surface area (Å²) in [7, 11) is 3.01. The van der Waals surface area contributed by atoms with E-state index in [0.717, 1.165) is 0 Å². The van der Waals surface area contributed by atoms with Gasteiger partial charge in [0.25, 0.3) is 5.91 Å². The summed E-state index contributed by atoms with van der Waals surface area (Å²) in [5.41, 5.74) is -1.04. The normalized spacial score (nSPS) is 20.6. The molecule has 0 aromatic carbocycles. The monoisotopic (exact) mass is 473 g/mol. The van der Waals surface area contributed by atoms with Crippen LogP contribution in [0.2, 0.25) is 0 Å². The number of rotatable bonds is 3. The van der Waals surface area contributed by atoms with Crippen LogP contribution in [-0.4, -0.2) is 95.6 Å². The molecule has 11 heteroatoms. The molecule has 2 saturated heterocycles. The number of carbonyl (C=O) groups is 4. The van der Waals surface area contributed by atoms with Gasteiger partial charge in [0.1, 0.15) is 11.2 Å². The molecular formula is C22H39N3O8. The van der Waals surface area contributed by atoms with Gasteiger partial charge in [0, 0.05) is 33.2 Å². The van der Waals surface area contributed by atoms with Crippen LogP contribution in [0.25, 0.3) is 0 Å². The van der Waals surface area contributed by atoms with Gasteiger partial charge < -0.3 is 24.4 Å². The standard InChI is InChI=1S/C12H22N2O4.C10H17NO4/c1-12(2,3)18-11(16)14-7-6-9(8-14)10(15)13(4)17-5;1-10(2,3)15-9(14)11-5-4-7(6-11)8(12)13/h9H,6-8H2,1-5H3;7H,4-6H2,1-3H3,(H,12,13)/t9-;7-/m00/s1. The minimum atomic E-state index is -0.846. The Morgan fingerprint density at radius 3 is 1.55 bits per heavy atom. The van der Waals surface area contributed by atoms with Gasteiger partial charge in [0.15, 0.2) is 0 Å². The summed E-state index contributed by atoms with van der Waals surface area (Å²) in [6.07, 6.45) is 0.365. The van der Waals surface area contributed by atoms with Crippen molar-refractivity contribution in [1.29, 1.82) is 0 Å². The Kier molecular flexibility index (Phi) is 9.95. The first-order valence-corrected chi connectivity index (χ1v) is 11.0. The molecule has 2 rings (SSSR count). The molecule has 0 saturated carbocycles. The lowest BCUT2D eigenvalue weighted by molar-refractivity contribution is -0.172. The van der Waals surface area contributed by atoms with E-state index in [1.54, 1.807) is 32.7 Å². The van der Waals surface area contributed by atoms with Crippen molar-refractivity contribution >= 4 is 24.1 Å². The van der Waals surface area contributed by atoms with E-state index in [2.05, 4.69) is 0 Å². The van der Waals surface area contributed by atoms with Crippen LogP contribution in [0.15, 0.2) is 0 Å². The van der Waals surface area contributed by atoms with Crippen LogP contribution in [0.5, 0.6) is 0 Å². The first-order chi connectivity index (χ1) is 15.0. The summed E-state index contributed by atoms with van der Waals surface area (Å²) in [5.74, 6) is -1.61. The van der Waals surface area contributed by atoms with Crippen LogP contribution < -0.4 is 0 Å². The summed E-state index contributed by atoms with van der Waals surface area (Å²) in [6, 6.07) is 0. The Labute approximate surface area is 195 Å². The van der Waals surface area contributed by atoms with Crippen molar-refractivity contribution < 1.29 is 38.6 Å². The Hall–Kier alpha value is -2.56. The highest BCUT2D eigenvalue weighted by atomic mass is 16.7. The van der Waals surface area contributed by atoms with Gasteiger partial charge in [-0.2, -0.15) is 0 Å². The summed E-state index contributed by atoms with van der Waals surface area (Å²) < 4.78 is 10.4. The summed E-state index contributed by atoms with van der Waals surface area (Å²) in [6.45, 7) is 12.5. The lowest BCUT2D eigenvalue weighted by Gasteiger charge is -2.24. The number of carboxylic acid groups (broad SMARTS) is 1. The molecule has 0 aromatic rings. The summed E-state index contributed by atoms with van der Waals surface area (Å²) >= 11 is 0. The fourth-order valence-corrected chi connectivity index (χ4v) is 3.26. The number of aliphatic carboxylic acids is 1. The Balaban J connectivity index is 0.000000335. The third-order valence-electron chi connectivity index (χ3n) is 4.96. The van der Waals surface area contributed by atoms with E-state index in [9.17, 15) is 19.2 Å². The van der Waals surface area contributed by atoms with Gasteiger partial charge in [0.2, 0.25) is 0 Å². The van der Waals surface area contributed by atoms with Crippen LogP contribution in [-0.2, 0) is 23.9 Å². The van der Waals surface area contributed by atoms with Crippen molar-refractivity contribution in [2.24, 2.45) is 11.8 Å². The van der Waals surface area contributed by atoms with Gasteiger partial charge in [-0.15, -0.1) is 0 Å². The second-order valence-corrected chi connectivity index (χ2v) is 10.2. The van der Waals surface area contributed by atoms with Crippen LogP contribution in [0.4, 0.5) is 9.59 Å². The van der Waals surface area contributed by atoms with E-state index in [1.807, 2.05) is 20.8 Å². The third kappa shape index (κ3) is 9.85. The van der Waals surface area contributed by atoms with Crippen LogP contribution >= 0.6 is 0 Å². The smallest absolute Gasteiger partial charge is 0.410 e. The zero-order chi connectivity index (χ0) is 25.6. The quantitative estimate of drug-likeness (QED) is 0.620. The Morgan fingerprint density at radius 1 is 0.818 bits per heavy atom. The number of amides is 3. The minimum absolute atomic E-state index is 0.108. The van der Waals surface area contributed by atoms with E-state index in [0.29, 0.717) is 32.5 Å². The van der Waals surface area contributed by atoms with Crippen molar-refractivity contribution in [3.05, 3.63) is 0 Å². The van der Waals surface area contributed by atoms with Crippen molar-refractivity contribution in [3.63, 3.8) is 0 Å². The lowest BCUT2D eigenvalue weighted by atomic mass is 10.1. The van der Waals surface area contributed by atoms with Crippen molar-refractivity contribution in [3.8, 4) is 0 Å². The molecule has 2 heterocycles. The van der Waals surface area contributed by atoms with Crippen molar-refractivity contribution in [2.75, 3.05) is 40.3 Å². The van der Waals surface area contributed by atoms with E-state index in [-0.39, 0.29) is 24.5 Å². The molecule has 0 spiro atoms. The molecule has 2 aliphatic rings. The molecule has 0 aliphatic carbocycles. The number of ether oxygens (including phenoxy) is 2. The predicted molar refractivity (Wildman–Crippen MR) is 119 cm³/mol. The fraction of sp³-hybridized carbons (Fsp3) is 0.818. The average Bonchev–Trinajstić information content (AvgIpc) is 3.34. The number of carbonyl (C=O) groups excluding carboxylic acids is 3. The summed E-state index contributed by atoms with van der Waals surface area (Å²) in [5, 5.41) is 9.96. The molecular weight excluding hydrogens is 434 g/mol. The maximum absolute atomic E-state index is 11.9. The second kappa shape index (κ2) is 11.5. The minimum Gasteiger partial charge on any atom is -0.481 e. The highest BCUT2D eigenvalue weighted by Crippen LogP contribution is 2.21. The molecule has 2 fully saturated rings. The van der Waals surface area contributed by atoms with Gasteiger partial charge in [0.05, 0.1) is 18.9 Å². The molecule has 0 unspecified atom stereocenters. The lowest BCUT2D eigenvalue weighted by Crippen LogP contribution is -2.37. The zero-order valence-corrected chi connectivity index (χ0v) is 21.0. The number of hydrogen-bond acceptors (Lipinski definition) is 7. The molecule has 190 valence electrons. The van der Waals surface area contributed by atoms with Crippen molar-refractivity contribution in [1.82, 2.24) is 14.9 Å². The largest absolute Gasteiger partial charge is 0.481 e. The molecule has 2 aliphatic heterocycles. The van der Waals surface area contributed by atoms with E-state index < -0.39 is 29.2 Å². The van der Waals surface area contributed by atoms with Gasteiger partial charge in [-0.05, 0) is 54.4 Å². The molecule has 11 nitrogen and oxygen atoms in total. The number of likely N-dealkylation sites (tertiary alicyclic amines) is 2. The maximum atomic E-state index is 11.9. The first kappa shape index (κ1) is 28.5. The Bertz CT molecular complexity index is 713. The zero-order valence-electron chi connectivity index (χ0n) is 21.0. The number of nitrogens with zero attached hydrogens (tertiary/aromatic N) is 3. The molecule has 1 N–H and O–H groups in total. The van der Waals surface area contributed by atoms with Crippen LogP contribution in [0.3, 0.4) is 0 Å². The summed E-state index contributed by atoms with van der Waals surface area (Å²) in [4.78, 5) is 53.7. The molecule has 0 aromatic heterocycles. The highest BCUT2D eigenvalue weighted by molar-refractivity contribution is 5.79. The van der Waals surface area contributed by atoms with Crippen molar-refractivity contribution in [2.45, 2.75) is 65.6 Å². The van der Waals surface area contributed by atoms with Gasteiger partial charge >= 0.3 is 18.2 Å². The van der Waals surface area contributed by atoms with Crippen LogP contribution in [0, 0.1) is 11.8 Å². The number of carboxylic acids is 1. The molecule has 2 atom stereocenters. The predicted octanol–water partition coefficient (Wildman–Crippen LogP) is 2.59. The third-order valence-corrected chi connectivity index (χ3v) is 4.96. The number of hydroxylamine groups is 2. The average molecular weight is 474 g/mol. The van der Waals surface area contributed by atoms with E-state index in [1.165, 1.54) is 17.1 Å². The Morgan fingerprint density at radius 2 is 1.21 bits per heavy atom. The number of hydrogen-bond donors (Lipinski definition) is 1. The SMILES string of the molecule is CC(C)(C)OC(=O)N1CC[C@H](C(=O)O)C1.CON(C)C(=O)[C@H]1CCN(C(=O)OC(C)(C)C)C1. The van der Waals surface area contributed by atoms with Gasteiger partial charge in [-0.1, -0.05) is 0 Å². The topological polar surface area (TPSA) is 126 Å². The maximum Gasteiger partial charge on any atom is 0.410 e. The first-order valence-electron chi connectivity index (χ1n) is 11.0. The van der Waals surface area contributed by atoms with E-state index in [4.69, 9.17) is 19.4 Å². The van der Waals surface area contributed by atoms with Gasteiger partial charge in [-0.25, -0.2) is 14.7 Å². The molecule has 33 heavy (non-hydrogen) atoms. The molecule has 0 bridgehead atoms. The second-order valence-electron chi connectivity index (χ2n) is 10.2. The highest BCUT2D eigenvalue weighted by Gasteiger charge is 2.35. The molecule has 3 amide bonds. The van der Waals surface area contributed by atoms with Gasteiger partial charge in [-0.3, -0.25) is 14.4 Å².